The fraction of sp³-hybridized carbons (Fsp3) is 0.238. The monoisotopic (exact) mass is 350 g/mol. The van der Waals surface area contributed by atoms with Crippen LogP contribution in [0.25, 0.3) is 5.69 Å². The normalized spacial score (nSPS) is 16.8. The quantitative estimate of drug-likeness (QED) is 0.647. The lowest BCUT2D eigenvalue weighted by Crippen LogP contribution is -2.20. The van der Waals surface area contributed by atoms with Gasteiger partial charge in [0.15, 0.2) is 5.78 Å². The van der Waals surface area contributed by atoms with E-state index in [1.54, 1.807) is 0 Å². The molecule has 0 radical (unpaired) electrons. The number of aryl methyl sites for hydroxylation is 2. The summed E-state index contributed by atoms with van der Waals surface area (Å²) in [5.74, 6) is 0.307. The summed E-state index contributed by atoms with van der Waals surface area (Å²) in [6.45, 7) is 3.98. The summed E-state index contributed by atoms with van der Waals surface area (Å²) >= 11 is 6.14. The van der Waals surface area contributed by atoms with Gasteiger partial charge in [-0.05, 0) is 56.0 Å². The highest BCUT2D eigenvalue weighted by atomic mass is 35.5. The Morgan fingerprint density at radius 1 is 1.08 bits per heavy atom. The zero-order valence-electron chi connectivity index (χ0n) is 14.3. The zero-order valence-corrected chi connectivity index (χ0v) is 15.0. The van der Waals surface area contributed by atoms with Crippen LogP contribution in [-0.2, 0) is 6.42 Å². The number of nitrogens with zero attached hydrogens (tertiary/aromatic N) is 2. The lowest BCUT2D eigenvalue weighted by Gasteiger charge is -2.23. The van der Waals surface area contributed by atoms with E-state index in [9.17, 15) is 4.79 Å². The molecule has 4 heteroatoms. The molecule has 0 spiro atoms. The Kier molecular flexibility index (Phi) is 3.97. The largest absolute Gasteiger partial charge is 0.294 e. The van der Waals surface area contributed by atoms with Gasteiger partial charge < -0.3 is 0 Å². The molecule has 0 N–H and O–H groups in total. The van der Waals surface area contributed by atoms with Crippen LogP contribution in [0, 0.1) is 13.8 Å². The van der Waals surface area contributed by atoms with E-state index in [0.717, 1.165) is 34.6 Å². The van der Waals surface area contributed by atoms with E-state index < -0.39 is 0 Å². The predicted molar refractivity (Wildman–Crippen MR) is 99.9 cm³/mol. The molecule has 3 aromatic rings. The molecule has 1 atom stereocenters. The van der Waals surface area contributed by atoms with Crippen molar-refractivity contribution in [2.75, 3.05) is 0 Å². The van der Waals surface area contributed by atoms with Gasteiger partial charge >= 0.3 is 0 Å². The second-order valence-electron chi connectivity index (χ2n) is 6.74. The Labute approximate surface area is 152 Å². The maximum atomic E-state index is 12.8. The smallest absolute Gasteiger partial charge is 0.167 e. The number of rotatable bonds is 2. The molecule has 126 valence electrons. The van der Waals surface area contributed by atoms with Gasteiger partial charge in [-0.25, -0.2) is 4.68 Å². The zero-order chi connectivity index (χ0) is 17.6. The first-order valence-electron chi connectivity index (χ1n) is 8.47. The number of carbonyl (C=O) groups is 1. The third-order valence-corrected chi connectivity index (χ3v) is 5.14. The van der Waals surface area contributed by atoms with Crippen LogP contribution in [0.2, 0.25) is 5.02 Å². The number of carbonyl (C=O) groups excluding carboxylic acids is 1. The third kappa shape index (κ3) is 2.89. The number of Topliss-reactive ketones (excluding diaryl/α,β-unsaturated/α-hetero) is 1. The maximum absolute atomic E-state index is 12.8. The first-order valence-corrected chi connectivity index (χ1v) is 8.85. The molecule has 0 fully saturated rings. The number of aromatic nitrogens is 2. The summed E-state index contributed by atoms with van der Waals surface area (Å²) in [5, 5.41) is 5.37. The van der Waals surface area contributed by atoms with Gasteiger partial charge in [-0.2, -0.15) is 5.10 Å². The SMILES string of the molecule is Cc1ccc(-n2nc(C)c3c2C[C@H](c2cccc(Cl)c2)CC3=O)cc1. The van der Waals surface area contributed by atoms with E-state index in [1.165, 1.54) is 5.56 Å². The Balaban J connectivity index is 1.79. The molecule has 1 aromatic heterocycles. The van der Waals surface area contributed by atoms with Crippen molar-refractivity contribution in [3.63, 3.8) is 0 Å². The van der Waals surface area contributed by atoms with Crippen molar-refractivity contribution < 1.29 is 4.79 Å². The van der Waals surface area contributed by atoms with Crippen molar-refractivity contribution in [2.24, 2.45) is 0 Å². The van der Waals surface area contributed by atoms with Crippen molar-refractivity contribution in [1.82, 2.24) is 9.78 Å². The average Bonchev–Trinajstić information content (AvgIpc) is 2.93. The number of hydrogen-bond acceptors (Lipinski definition) is 2. The molecule has 4 rings (SSSR count). The van der Waals surface area contributed by atoms with Crippen molar-refractivity contribution in [3.05, 3.63) is 81.6 Å². The molecule has 25 heavy (non-hydrogen) atoms. The average molecular weight is 351 g/mol. The summed E-state index contributed by atoms with van der Waals surface area (Å²) in [7, 11) is 0. The minimum Gasteiger partial charge on any atom is -0.294 e. The van der Waals surface area contributed by atoms with Crippen LogP contribution in [0.3, 0.4) is 0 Å². The molecule has 0 bridgehead atoms. The summed E-state index contributed by atoms with van der Waals surface area (Å²) < 4.78 is 1.93. The fourth-order valence-electron chi connectivity index (χ4n) is 3.65. The van der Waals surface area contributed by atoms with Crippen LogP contribution in [0.1, 0.15) is 45.2 Å². The number of ketones is 1. The highest BCUT2D eigenvalue weighted by Crippen LogP contribution is 2.35. The van der Waals surface area contributed by atoms with Gasteiger partial charge in [0.25, 0.3) is 0 Å². The molecule has 0 saturated carbocycles. The molecule has 0 saturated heterocycles. The molecular weight excluding hydrogens is 332 g/mol. The van der Waals surface area contributed by atoms with Gasteiger partial charge in [-0.15, -0.1) is 0 Å². The van der Waals surface area contributed by atoms with E-state index in [-0.39, 0.29) is 11.7 Å². The number of fused-ring (bicyclic) bond motifs is 1. The highest BCUT2D eigenvalue weighted by Gasteiger charge is 2.32. The van der Waals surface area contributed by atoms with Crippen LogP contribution in [0.4, 0.5) is 0 Å². The van der Waals surface area contributed by atoms with Crippen LogP contribution in [0.15, 0.2) is 48.5 Å². The van der Waals surface area contributed by atoms with Gasteiger partial charge in [0, 0.05) is 11.4 Å². The van der Waals surface area contributed by atoms with Crippen LogP contribution in [0.5, 0.6) is 0 Å². The first kappa shape index (κ1) is 16.1. The minimum absolute atomic E-state index is 0.138. The molecule has 1 aliphatic carbocycles. The van der Waals surface area contributed by atoms with Crippen LogP contribution >= 0.6 is 11.6 Å². The maximum Gasteiger partial charge on any atom is 0.167 e. The van der Waals surface area contributed by atoms with Gasteiger partial charge in [-0.3, -0.25) is 4.79 Å². The Morgan fingerprint density at radius 3 is 2.56 bits per heavy atom. The van der Waals surface area contributed by atoms with Gasteiger partial charge in [0.2, 0.25) is 0 Å². The van der Waals surface area contributed by atoms with Crippen molar-refractivity contribution in [1.29, 1.82) is 0 Å². The number of hydrogen-bond donors (Lipinski definition) is 0. The molecule has 1 aliphatic rings. The van der Waals surface area contributed by atoms with Gasteiger partial charge in [0.05, 0.1) is 22.6 Å². The van der Waals surface area contributed by atoms with E-state index in [2.05, 4.69) is 36.3 Å². The lowest BCUT2D eigenvalue weighted by atomic mass is 9.81. The first-order chi connectivity index (χ1) is 12.0. The topological polar surface area (TPSA) is 34.9 Å². The second kappa shape index (κ2) is 6.16. The van der Waals surface area contributed by atoms with Crippen molar-refractivity contribution in [3.8, 4) is 5.69 Å². The Morgan fingerprint density at radius 2 is 1.84 bits per heavy atom. The molecule has 0 amide bonds. The van der Waals surface area contributed by atoms with Gasteiger partial charge in [0.1, 0.15) is 0 Å². The summed E-state index contributed by atoms with van der Waals surface area (Å²) in [4.78, 5) is 12.8. The molecule has 0 aliphatic heterocycles. The highest BCUT2D eigenvalue weighted by molar-refractivity contribution is 6.30. The lowest BCUT2D eigenvalue weighted by molar-refractivity contribution is 0.0963. The molecule has 2 aromatic carbocycles. The molecule has 1 heterocycles. The fourth-order valence-corrected chi connectivity index (χ4v) is 3.85. The summed E-state index contributed by atoms with van der Waals surface area (Å²) in [5.41, 5.74) is 5.91. The van der Waals surface area contributed by atoms with Gasteiger partial charge in [-0.1, -0.05) is 41.4 Å². The number of halogens is 1. The molecular formula is C21H19ClN2O. The minimum atomic E-state index is 0.138. The third-order valence-electron chi connectivity index (χ3n) is 4.91. The summed E-state index contributed by atoms with van der Waals surface area (Å²) in [6, 6.07) is 16.1. The van der Waals surface area contributed by atoms with E-state index in [0.29, 0.717) is 11.4 Å². The van der Waals surface area contributed by atoms with E-state index >= 15 is 0 Å². The number of benzene rings is 2. The van der Waals surface area contributed by atoms with Crippen molar-refractivity contribution in [2.45, 2.75) is 32.6 Å². The van der Waals surface area contributed by atoms with Crippen molar-refractivity contribution >= 4 is 17.4 Å². The predicted octanol–water partition coefficient (Wildman–Crippen LogP) is 5.06. The standard InChI is InChI=1S/C21H19ClN2O/c1-13-6-8-18(9-7-13)24-19-11-16(15-4-3-5-17(22)10-15)12-20(25)21(19)14(2)23-24/h3-10,16H,11-12H2,1-2H3/t16-/m0/s1. The molecule has 0 unspecified atom stereocenters. The second-order valence-corrected chi connectivity index (χ2v) is 7.17. The Bertz CT molecular complexity index is 957. The Hall–Kier alpha value is -2.39. The van der Waals surface area contributed by atoms with E-state index in [1.807, 2.05) is 35.9 Å². The molecule has 3 nitrogen and oxygen atoms in total. The van der Waals surface area contributed by atoms with E-state index in [4.69, 9.17) is 11.6 Å². The summed E-state index contributed by atoms with van der Waals surface area (Å²) in [6.07, 6.45) is 1.30. The van der Waals surface area contributed by atoms with Crippen LogP contribution in [-0.4, -0.2) is 15.6 Å². The van der Waals surface area contributed by atoms with Crippen LogP contribution < -0.4 is 0 Å².